The lowest BCUT2D eigenvalue weighted by atomic mass is 10.1. The normalized spacial score (nSPS) is 18.1. The molecule has 0 unspecified atom stereocenters. The van der Waals surface area contributed by atoms with Crippen molar-refractivity contribution in [3.63, 3.8) is 0 Å². The van der Waals surface area contributed by atoms with Gasteiger partial charge in [-0.3, -0.25) is 4.79 Å². The molecule has 4 heteroatoms. The highest BCUT2D eigenvalue weighted by Crippen LogP contribution is 2.30. The van der Waals surface area contributed by atoms with Crippen LogP contribution in [0.5, 0.6) is 5.75 Å². The van der Waals surface area contributed by atoms with Gasteiger partial charge >= 0.3 is 0 Å². The predicted molar refractivity (Wildman–Crippen MR) is 96.7 cm³/mol. The molecule has 4 nitrogen and oxygen atoms in total. The summed E-state index contributed by atoms with van der Waals surface area (Å²) in [5.74, 6) is 0.918. The van der Waals surface area contributed by atoms with Crippen LogP contribution in [0.1, 0.15) is 55.5 Å². The Balaban J connectivity index is 1.69. The zero-order valence-electron chi connectivity index (χ0n) is 15.1. The number of benzene rings is 1. The Hall–Kier alpha value is -1.55. The van der Waals surface area contributed by atoms with Crippen molar-refractivity contribution in [3.05, 3.63) is 29.3 Å². The lowest BCUT2D eigenvalue weighted by Gasteiger charge is -2.30. The van der Waals surface area contributed by atoms with Crippen LogP contribution in [0, 0.1) is 0 Å². The van der Waals surface area contributed by atoms with Crippen molar-refractivity contribution in [2.24, 2.45) is 0 Å². The lowest BCUT2D eigenvalue weighted by molar-refractivity contribution is 0.0678. The third kappa shape index (κ3) is 3.92. The van der Waals surface area contributed by atoms with E-state index in [4.69, 9.17) is 4.74 Å². The molecule has 0 N–H and O–H groups in total. The molecule has 1 fully saturated rings. The largest absolute Gasteiger partial charge is 0.492 e. The van der Waals surface area contributed by atoms with E-state index in [1.54, 1.807) is 0 Å². The van der Waals surface area contributed by atoms with Crippen LogP contribution in [-0.4, -0.2) is 54.5 Å². The van der Waals surface area contributed by atoms with Gasteiger partial charge in [-0.2, -0.15) is 0 Å². The van der Waals surface area contributed by atoms with Crippen molar-refractivity contribution in [2.45, 2.75) is 52.0 Å². The minimum absolute atomic E-state index is 0.110. The van der Waals surface area contributed by atoms with E-state index in [0.717, 1.165) is 36.4 Å². The van der Waals surface area contributed by atoms with Crippen molar-refractivity contribution in [2.75, 3.05) is 32.8 Å². The van der Waals surface area contributed by atoms with Crippen LogP contribution in [-0.2, 0) is 6.42 Å². The van der Waals surface area contributed by atoms with Crippen molar-refractivity contribution in [1.29, 1.82) is 0 Å². The molecule has 2 aliphatic rings. The molecule has 1 amide bonds. The first-order chi connectivity index (χ1) is 11.7. The molecule has 3 rings (SSSR count). The van der Waals surface area contributed by atoms with Crippen molar-refractivity contribution < 1.29 is 9.53 Å². The molecular weight excluding hydrogens is 300 g/mol. The zero-order chi connectivity index (χ0) is 16.9. The fourth-order valence-corrected chi connectivity index (χ4v) is 3.74. The third-order valence-electron chi connectivity index (χ3n) is 5.18. The predicted octanol–water partition coefficient (Wildman–Crippen LogP) is 3.35. The van der Waals surface area contributed by atoms with E-state index in [9.17, 15) is 4.79 Å². The molecule has 1 aromatic carbocycles. The van der Waals surface area contributed by atoms with Crippen LogP contribution >= 0.6 is 0 Å². The van der Waals surface area contributed by atoms with Gasteiger partial charge in [-0.15, -0.1) is 0 Å². The molecule has 0 radical (unpaired) electrons. The van der Waals surface area contributed by atoms with Crippen molar-refractivity contribution >= 4 is 5.91 Å². The molecule has 1 aromatic rings. The second-order valence-electron chi connectivity index (χ2n) is 7.24. The van der Waals surface area contributed by atoms with Gasteiger partial charge in [0.2, 0.25) is 0 Å². The molecule has 0 bridgehead atoms. The molecule has 0 spiro atoms. The maximum atomic E-state index is 13.1. The summed E-state index contributed by atoms with van der Waals surface area (Å²) in [6.45, 7) is 9.00. The second-order valence-corrected chi connectivity index (χ2v) is 7.24. The van der Waals surface area contributed by atoms with E-state index in [2.05, 4.69) is 24.8 Å². The van der Waals surface area contributed by atoms with Gasteiger partial charge < -0.3 is 14.5 Å². The first-order valence-corrected chi connectivity index (χ1v) is 9.45. The zero-order valence-corrected chi connectivity index (χ0v) is 15.1. The van der Waals surface area contributed by atoms with E-state index in [1.165, 1.54) is 38.8 Å². The Labute approximate surface area is 145 Å². The van der Waals surface area contributed by atoms with E-state index >= 15 is 0 Å². The Morgan fingerprint density at radius 3 is 2.67 bits per heavy atom. The number of carbonyl (C=O) groups excluding carboxylic acids is 1. The van der Waals surface area contributed by atoms with E-state index in [1.807, 2.05) is 17.0 Å². The van der Waals surface area contributed by atoms with Crippen molar-refractivity contribution in [1.82, 2.24) is 9.80 Å². The smallest absolute Gasteiger partial charge is 0.257 e. The summed E-state index contributed by atoms with van der Waals surface area (Å²) in [6.07, 6.45) is 6.17. The number of fused-ring (bicyclic) bond motifs is 1. The third-order valence-corrected chi connectivity index (χ3v) is 5.18. The number of likely N-dealkylation sites (tertiary alicyclic amines) is 1. The summed E-state index contributed by atoms with van der Waals surface area (Å²) >= 11 is 0. The Kier molecular flexibility index (Phi) is 5.77. The van der Waals surface area contributed by atoms with E-state index in [0.29, 0.717) is 6.61 Å². The summed E-state index contributed by atoms with van der Waals surface area (Å²) in [4.78, 5) is 17.6. The number of ether oxygens (including phenoxy) is 1. The minimum atomic E-state index is 0.110. The number of hydrogen-bond donors (Lipinski definition) is 0. The van der Waals surface area contributed by atoms with Gasteiger partial charge in [-0.25, -0.2) is 0 Å². The van der Waals surface area contributed by atoms with Crippen LogP contribution < -0.4 is 4.74 Å². The molecule has 0 atom stereocenters. The van der Waals surface area contributed by atoms with Gasteiger partial charge in [0.1, 0.15) is 5.75 Å². The van der Waals surface area contributed by atoms with Gasteiger partial charge in [0.15, 0.2) is 0 Å². The fourth-order valence-electron chi connectivity index (χ4n) is 3.74. The second kappa shape index (κ2) is 8.02. The average Bonchev–Trinajstić information content (AvgIpc) is 2.90. The fraction of sp³-hybridized carbons (Fsp3) is 0.650. The Morgan fingerprint density at radius 1 is 1.21 bits per heavy atom. The van der Waals surface area contributed by atoms with Crippen LogP contribution in [0.2, 0.25) is 0 Å². The van der Waals surface area contributed by atoms with Gasteiger partial charge in [0.05, 0.1) is 12.2 Å². The average molecular weight is 330 g/mol. The van der Waals surface area contributed by atoms with Crippen LogP contribution in [0.25, 0.3) is 0 Å². The highest BCUT2D eigenvalue weighted by molar-refractivity contribution is 5.97. The van der Waals surface area contributed by atoms with Crippen LogP contribution in [0.15, 0.2) is 18.2 Å². The number of carbonyl (C=O) groups is 1. The quantitative estimate of drug-likeness (QED) is 0.830. The van der Waals surface area contributed by atoms with Gasteiger partial charge in [0.25, 0.3) is 5.91 Å². The highest BCUT2D eigenvalue weighted by atomic mass is 16.5. The Bertz CT molecular complexity index is 563. The monoisotopic (exact) mass is 330 g/mol. The highest BCUT2D eigenvalue weighted by Gasteiger charge is 2.26. The lowest BCUT2D eigenvalue weighted by Crippen LogP contribution is -2.42. The molecule has 0 aromatic heterocycles. The van der Waals surface area contributed by atoms with Crippen LogP contribution in [0.4, 0.5) is 0 Å². The number of hydrogen-bond acceptors (Lipinski definition) is 3. The Morgan fingerprint density at radius 2 is 1.96 bits per heavy atom. The number of amides is 1. The molecule has 0 aliphatic carbocycles. The summed E-state index contributed by atoms with van der Waals surface area (Å²) in [5, 5.41) is 0. The van der Waals surface area contributed by atoms with Gasteiger partial charge in [-0.05, 0) is 51.4 Å². The topological polar surface area (TPSA) is 32.8 Å². The van der Waals surface area contributed by atoms with Gasteiger partial charge in [0, 0.05) is 25.6 Å². The molecule has 2 heterocycles. The molecule has 2 aliphatic heterocycles. The molecule has 1 saturated heterocycles. The van der Waals surface area contributed by atoms with Gasteiger partial charge in [-0.1, -0.05) is 25.0 Å². The van der Waals surface area contributed by atoms with E-state index in [-0.39, 0.29) is 11.9 Å². The maximum absolute atomic E-state index is 13.1. The van der Waals surface area contributed by atoms with Crippen molar-refractivity contribution in [3.8, 4) is 5.75 Å². The first kappa shape index (κ1) is 17.3. The number of rotatable bonds is 5. The molecule has 0 saturated carbocycles. The molecular formula is C20H30N2O2. The first-order valence-electron chi connectivity index (χ1n) is 9.45. The number of para-hydroxylation sites is 1. The maximum Gasteiger partial charge on any atom is 0.257 e. The van der Waals surface area contributed by atoms with E-state index < -0.39 is 0 Å². The number of nitrogens with zero attached hydrogens (tertiary/aromatic N) is 2. The summed E-state index contributed by atoms with van der Waals surface area (Å²) in [6, 6.07) is 6.15. The molecule has 24 heavy (non-hydrogen) atoms. The summed E-state index contributed by atoms with van der Waals surface area (Å²) in [7, 11) is 0. The minimum Gasteiger partial charge on any atom is -0.492 e. The standard InChI is InChI=1S/C20H30N2O2/c1-16(2)22(14-13-21-11-5-3-4-6-12-21)20(23)18-9-7-8-17-10-15-24-19(17)18/h7-9,16H,3-6,10-15H2,1-2H3. The summed E-state index contributed by atoms with van der Waals surface area (Å²) < 4.78 is 5.73. The molecule has 132 valence electrons. The van der Waals surface area contributed by atoms with Crippen LogP contribution in [0.3, 0.4) is 0 Å². The summed E-state index contributed by atoms with van der Waals surface area (Å²) in [5.41, 5.74) is 1.90. The SMILES string of the molecule is CC(C)N(CCN1CCCCCC1)C(=O)c1cccc2c1OCC2.